The normalized spacial score (nSPS) is 11.1. The highest BCUT2D eigenvalue weighted by atomic mass is 16.3. The van der Waals surface area contributed by atoms with Crippen molar-refractivity contribution in [3.63, 3.8) is 0 Å². The lowest BCUT2D eigenvalue weighted by Gasteiger charge is -2.19. The Bertz CT molecular complexity index is 1360. The number of fused-ring (bicyclic) bond motifs is 1. The first-order valence-corrected chi connectivity index (χ1v) is 11.8. The fourth-order valence-electron chi connectivity index (χ4n) is 4.54. The molecule has 4 rings (SSSR count). The summed E-state index contributed by atoms with van der Waals surface area (Å²) in [5, 5.41) is 24.5. The summed E-state index contributed by atoms with van der Waals surface area (Å²) in [5.41, 5.74) is 4.42. The van der Waals surface area contributed by atoms with Gasteiger partial charge in [-0.1, -0.05) is 79.9 Å². The predicted octanol–water partition coefficient (Wildman–Crippen LogP) is 7.48. The molecule has 0 amide bonds. The Hall–Kier alpha value is -3.79. The third-order valence-corrected chi connectivity index (χ3v) is 6.32. The van der Waals surface area contributed by atoms with E-state index in [-0.39, 0.29) is 28.5 Å². The number of carbonyl (C=O) groups excluding carboxylic acids is 1. The third-order valence-electron chi connectivity index (χ3n) is 6.32. The van der Waals surface area contributed by atoms with Crippen LogP contribution in [0.1, 0.15) is 60.2 Å². The van der Waals surface area contributed by atoms with Crippen molar-refractivity contribution in [2.75, 3.05) is 0 Å². The Morgan fingerprint density at radius 3 is 2.29 bits per heavy atom. The van der Waals surface area contributed by atoms with Crippen LogP contribution in [-0.2, 0) is 6.42 Å². The highest BCUT2D eigenvalue weighted by molar-refractivity contribution is 6.05. The molecule has 3 aromatic carbocycles. The minimum Gasteiger partial charge on any atom is -0.507 e. The average molecular weight is 454 g/mol. The monoisotopic (exact) mass is 453 g/mol. The number of allylic oxidation sites excluding steroid dienone is 1. The number of phenolic OH excluding ortho intramolecular Hbond substituents is 2. The summed E-state index contributed by atoms with van der Waals surface area (Å²) in [6.45, 7) is 10.0. The Kier molecular flexibility index (Phi) is 6.60. The van der Waals surface area contributed by atoms with Crippen molar-refractivity contribution < 1.29 is 15.0 Å². The molecule has 0 saturated carbocycles. The lowest BCUT2D eigenvalue weighted by atomic mass is 9.89. The molecule has 2 N–H and O–H groups in total. The molecule has 0 fully saturated rings. The number of hydrogen-bond donors (Lipinski definition) is 2. The van der Waals surface area contributed by atoms with Gasteiger partial charge in [0.05, 0.1) is 11.1 Å². The van der Waals surface area contributed by atoms with Crippen LogP contribution < -0.4 is 0 Å². The topological polar surface area (TPSA) is 62.5 Å². The highest BCUT2D eigenvalue weighted by Crippen LogP contribution is 2.45. The number of benzene rings is 3. The summed E-state index contributed by atoms with van der Waals surface area (Å²) < 4.78 is 1.53. The van der Waals surface area contributed by atoms with Gasteiger partial charge < -0.3 is 10.2 Å². The number of nitrogens with zero attached hydrogens (tertiary/aromatic N) is 1. The Morgan fingerprint density at radius 1 is 1.00 bits per heavy atom. The molecule has 0 aliphatic carbocycles. The van der Waals surface area contributed by atoms with Gasteiger partial charge in [0.25, 0.3) is 5.91 Å². The molecule has 0 bridgehead atoms. The fourth-order valence-corrected chi connectivity index (χ4v) is 4.54. The SMILES string of the molecule is C=C(C)c1ccc(C)cc1-c1c(O)cc(CCCCC)c(C(=O)n2cc3ccccc3c2)c1O. The maximum absolute atomic E-state index is 13.8. The zero-order valence-corrected chi connectivity index (χ0v) is 20.1. The van der Waals surface area contributed by atoms with Crippen molar-refractivity contribution in [2.24, 2.45) is 0 Å². The molecule has 1 heterocycles. The van der Waals surface area contributed by atoms with E-state index in [9.17, 15) is 15.0 Å². The fraction of sp³-hybridized carbons (Fsp3) is 0.233. The van der Waals surface area contributed by atoms with Crippen molar-refractivity contribution in [3.05, 3.63) is 89.8 Å². The summed E-state index contributed by atoms with van der Waals surface area (Å²) in [4.78, 5) is 13.8. The molecule has 174 valence electrons. The van der Waals surface area contributed by atoms with E-state index in [2.05, 4.69) is 13.5 Å². The van der Waals surface area contributed by atoms with Crippen LogP contribution in [-0.4, -0.2) is 20.7 Å². The van der Waals surface area contributed by atoms with E-state index in [0.29, 0.717) is 17.5 Å². The van der Waals surface area contributed by atoms with Crippen LogP contribution in [0.3, 0.4) is 0 Å². The van der Waals surface area contributed by atoms with E-state index in [4.69, 9.17) is 0 Å². The van der Waals surface area contributed by atoms with Crippen molar-refractivity contribution in [2.45, 2.75) is 46.5 Å². The number of carbonyl (C=O) groups is 1. The van der Waals surface area contributed by atoms with Crippen LogP contribution in [0.25, 0.3) is 27.5 Å². The van der Waals surface area contributed by atoms with Crippen LogP contribution in [0.4, 0.5) is 0 Å². The zero-order chi connectivity index (χ0) is 24.4. The highest BCUT2D eigenvalue weighted by Gasteiger charge is 2.26. The van der Waals surface area contributed by atoms with E-state index in [1.807, 2.05) is 56.3 Å². The maximum atomic E-state index is 13.8. The number of aromatic hydroxyl groups is 2. The summed E-state index contributed by atoms with van der Waals surface area (Å²) in [6, 6.07) is 15.2. The van der Waals surface area contributed by atoms with Gasteiger partial charge >= 0.3 is 0 Å². The summed E-state index contributed by atoms with van der Waals surface area (Å²) >= 11 is 0. The molecule has 1 aromatic heterocycles. The first kappa shape index (κ1) is 23.4. The van der Waals surface area contributed by atoms with Gasteiger partial charge in [-0.05, 0) is 60.2 Å². The van der Waals surface area contributed by atoms with E-state index in [1.54, 1.807) is 18.5 Å². The van der Waals surface area contributed by atoms with Crippen molar-refractivity contribution in [1.29, 1.82) is 0 Å². The van der Waals surface area contributed by atoms with Gasteiger partial charge in [0.2, 0.25) is 0 Å². The van der Waals surface area contributed by atoms with Gasteiger partial charge in [0.1, 0.15) is 11.5 Å². The molecule has 4 nitrogen and oxygen atoms in total. The molecule has 0 atom stereocenters. The standard InChI is InChI=1S/C30H31NO3/c1-5-6-7-10-21-16-26(32)28(25-15-20(4)13-14-24(25)19(2)3)29(33)27(21)30(34)31-17-22-11-8-9-12-23(22)18-31/h8-9,11-18,32-33H,2,5-7,10H2,1,3-4H3. The van der Waals surface area contributed by atoms with Crippen LogP contribution >= 0.6 is 0 Å². The van der Waals surface area contributed by atoms with E-state index >= 15 is 0 Å². The van der Waals surface area contributed by atoms with Gasteiger partial charge in [-0.25, -0.2) is 0 Å². The largest absolute Gasteiger partial charge is 0.507 e. The molecule has 34 heavy (non-hydrogen) atoms. The molecular formula is C30H31NO3. The summed E-state index contributed by atoms with van der Waals surface area (Å²) in [5.74, 6) is -0.542. The Balaban J connectivity index is 1.94. The lowest BCUT2D eigenvalue weighted by molar-refractivity contribution is 0.0957. The second-order valence-corrected chi connectivity index (χ2v) is 9.04. The second-order valence-electron chi connectivity index (χ2n) is 9.04. The number of phenols is 2. The van der Waals surface area contributed by atoms with E-state index in [1.165, 1.54) is 4.57 Å². The molecule has 0 aliphatic heterocycles. The van der Waals surface area contributed by atoms with Crippen LogP contribution in [0.15, 0.2) is 67.5 Å². The van der Waals surface area contributed by atoms with Gasteiger partial charge in [0.15, 0.2) is 0 Å². The predicted molar refractivity (Wildman–Crippen MR) is 140 cm³/mol. The summed E-state index contributed by atoms with van der Waals surface area (Å²) in [6.07, 6.45) is 7.06. The Labute approximate surface area is 200 Å². The number of aromatic nitrogens is 1. The first-order chi connectivity index (χ1) is 16.3. The molecule has 0 radical (unpaired) electrons. The van der Waals surface area contributed by atoms with Crippen molar-refractivity contribution in [3.8, 4) is 22.6 Å². The number of hydrogen-bond acceptors (Lipinski definition) is 3. The molecular weight excluding hydrogens is 422 g/mol. The van der Waals surface area contributed by atoms with Crippen LogP contribution in [0, 0.1) is 6.92 Å². The van der Waals surface area contributed by atoms with Crippen molar-refractivity contribution >= 4 is 22.3 Å². The molecule has 0 aliphatic rings. The van der Waals surface area contributed by atoms with Crippen LogP contribution in [0.2, 0.25) is 0 Å². The van der Waals surface area contributed by atoms with Gasteiger partial charge in [0, 0.05) is 12.4 Å². The lowest BCUT2D eigenvalue weighted by Crippen LogP contribution is -2.13. The first-order valence-electron chi connectivity index (χ1n) is 11.8. The third kappa shape index (κ3) is 4.36. The maximum Gasteiger partial charge on any atom is 0.265 e. The van der Waals surface area contributed by atoms with Crippen molar-refractivity contribution in [1.82, 2.24) is 4.57 Å². The molecule has 0 unspecified atom stereocenters. The number of unbranched alkanes of at least 4 members (excludes halogenated alkanes) is 2. The minimum absolute atomic E-state index is 0.0358. The van der Waals surface area contributed by atoms with Gasteiger partial charge in [-0.15, -0.1) is 0 Å². The quantitative estimate of drug-likeness (QED) is 0.285. The van der Waals surface area contributed by atoms with E-state index in [0.717, 1.165) is 46.7 Å². The number of rotatable bonds is 7. The second kappa shape index (κ2) is 9.60. The number of aryl methyl sites for hydroxylation is 2. The van der Waals surface area contributed by atoms with Gasteiger partial charge in [-0.3, -0.25) is 9.36 Å². The smallest absolute Gasteiger partial charge is 0.265 e. The Morgan fingerprint density at radius 2 is 1.68 bits per heavy atom. The van der Waals surface area contributed by atoms with E-state index < -0.39 is 0 Å². The minimum atomic E-state index is -0.314. The zero-order valence-electron chi connectivity index (χ0n) is 20.1. The molecule has 0 saturated heterocycles. The molecule has 0 spiro atoms. The molecule has 4 aromatic rings. The van der Waals surface area contributed by atoms with Gasteiger partial charge in [-0.2, -0.15) is 0 Å². The summed E-state index contributed by atoms with van der Waals surface area (Å²) in [7, 11) is 0. The molecule has 4 heteroatoms. The average Bonchev–Trinajstić information content (AvgIpc) is 3.23. The van der Waals surface area contributed by atoms with Crippen LogP contribution in [0.5, 0.6) is 11.5 Å².